The molecular formula is C14H10F3IN2O. The summed E-state index contributed by atoms with van der Waals surface area (Å²) in [5.74, 6) is -4.63. The fourth-order valence-corrected chi connectivity index (χ4v) is 2.12. The smallest absolute Gasteiger partial charge is 0.243 e. The fraction of sp³-hybridized carbons (Fsp3) is 0.0714. The highest BCUT2D eigenvalue weighted by Crippen LogP contribution is 2.20. The molecule has 0 saturated heterocycles. The predicted molar refractivity (Wildman–Crippen MR) is 82.6 cm³/mol. The van der Waals surface area contributed by atoms with Crippen LogP contribution in [-0.2, 0) is 4.79 Å². The number of carbonyl (C=O) groups excluding carboxylic acids is 1. The highest BCUT2D eigenvalue weighted by Gasteiger charge is 2.14. The number of hydrogen-bond acceptors (Lipinski definition) is 2. The summed E-state index contributed by atoms with van der Waals surface area (Å²) in [6.07, 6.45) is 0. The molecule has 7 heteroatoms. The SMILES string of the molecule is O=C(CNc1ccc(F)c(F)c1F)Nc1ccccc1I. The van der Waals surface area contributed by atoms with Gasteiger partial charge in [-0.1, -0.05) is 12.1 Å². The Morgan fingerprint density at radius 3 is 2.43 bits per heavy atom. The molecule has 2 aromatic rings. The highest BCUT2D eigenvalue weighted by atomic mass is 127. The van der Waals surface area contributed by atoms with E-state index in [9.17, 15) is 18.0 Å². The van der Waals surface area contributed by atoms with Gasteiger partial charge in [0.1, 0.15) is 0 Å². The van der Waals surface area contributed by atoms with Crippen LogP contribution < -0.4 is 10.6 Å². The third-order valence-corrected chi connectivity index (χ3v) is 3.56. The van der Waals surface area contributed by atoms with Crippen LogP contribution in [0.4, 0.5) is 24.5 Å². The Labute approximate surface area is 132 Å². The second kappa shape index (κ2) is 6.79. The Kier molecular flexibility index (Phi) is 5.05. The van der Waals surface area contributed by atoms with Gasteiger partial charge in [0.05, 0.1) is 17.9 Å². The van der Waals surface area contributed by atoms with Crippen molar-refractivity contribution in [3.05, 3.63) is 57.4 Å². The normalized spacial score (nSPS) is 10.3. The maximum Gasteiger partial charge on any atom is 0.243 e. The Hall–Kier alpha value is -1.77. The molecule has 2 aromatic carbocycles. The molecule has 21 heavy (non-hydrogen) atoms. The zero-order valence-corrected chi connectivity index (χ0v) is 12.7. The molecule has 0 fully saturated rings. The summed E-state index contributed by atoms with van der Waals surface area (Å²) in [6, 6.07) is 8.95. The van der Waals surface area contributed by atoms with E-state index in [1.807, 2.05) is 12.1 Å². The van der Waals surface area contributed by atoms with Gasteiger partial charge >= 0.3 is 0 Å². The van der Waals surface area contributed by atoms with Crippen LogP contribution in [0.2, 0.25) is 0 Å². The first-order valence-corrected chi connectivity index (χ1v) is 6.98. The van der Waals surface area contributed by atoms with Crippen molar-refractivity contribution in [2.75, 3.05) is 17.2 Å². The fourth-order valence-electron chi connectivity index (χ4n) is 1.59. The molecule has 2 N–H and O–H groups in total. The molecule has 0 atom stereocenters. The second-order valence-electron chi connectivity index (χ2n) is 4.10. The molecule has 0 aliphatic rings. The zero-order valence-electron chi connectivity index (χ0n) is 10.6. The van der Waals surface area contributed by atoms with E-state index >= 15 is 0 Å². The average Bonchev–Trinajstić information content (AvgIpc) is 2.46. The summed E-state index contributed by atoms with van der Waals surface area (Å²) in [7, 11) is 0. The zero-order chi connectivity index (χ0) is 15.4. The van der Waals surface area contributed by atoms with Gasteiger partial charge in [0.15, 0.2) is 17.5 Å². The Morgan fingerprint density at radius 2 is 1.71 bits per heavy atom. The topological polar surface area (TPSA) is 41.1 Å². The molecule has 0 spiro atoms. The lowest BCUT2D eigenvalue weighted by Gasteiger charge is -2.10. The van der Waals surface area contributed by atoms with Crippen LogP contribution in [-0.4, -0.2) is 12.5 Å². The number of para-hydroxylation sites is 1. The molecule has 0 saturated carbocycles. The maximum atomic E-state index is 13.4. The van der Waals surface area contributed by atoms with Crippen LogP contribution in [0.25, 0.3) is 0 Å². The molecule has 0 heterocycles. The molecule has 2 rings (SSSR count). The van der Waals surface area contributed by atoms with E-state index in [-0.39, 0.29) is 12.2 Å². The summed E-state index contributed by atoms with van der Waals surface area (Å²) in [4.78, 5) is 11.7. The molecule has 110 valence electrons. The molecule has 0 aromatic heterocycles. The largest absolute Gasteiger partial charge is 0.374 e. The number of rotatable bonds is 4. The van der Waals surface area contributed by atoms with Crippen LogP contribution in [0.5, 0.6) is 0 Å². The first kappa shape index (κ1) is 15.6. The first-order chi connectivity index (χ1) is 9.99. The number of carbonyl (C=O) groups is 1. The van der Waals surface area contributed by atoms with E-state index in [2.05, 4.69) is 33.2 Å². The van der Waals surface area contributed by atoms with Crippen molar-refractivity contribution in [3.8, 4) is 0 Å². The molecule has 0 bridgehead atoms. The van der Waals surface area contributed by atoms with Crippen LogP contribution >= 0.6 is 22.6 Å². The Morgan fingerprint density at radius 1 is 1.00 bits per heavy atom. The number of benzene rings is 2. The Bertz CT molecular complexity index is 679. The molecule has 3 nitrogen and oxygen atoms in total. The number of anilines is 2. The van der Waals surface area contributed by atoms with Crippen molar-refractivity contribution < 1.29 is 18.0 Å². The number of hydrogen-bond donors (Lipinski definition) is 2. The maximum absolute atomic E-state index is 13.4. The molecule has 0 aliphatic carbocycles. The minimum Gasteiger partial charge on any atom is -0.374 e. The van der Waals surface area contributed by atoms with E-state index in [1.54, 1.807) is 12.1 Å². The molecule has 0 unspecified atom stereocenters. The summed E-state index contributed by atoms with van der Waals surface area (Å²) < 4.78 is 40.0. The third kappa shape index (κ3) is 3.87. The van der Waals surface area contributed by atoms with Crippen molar-refractivity contribution in [3.63, 3.8) is 0 Å². The molecule has 0 radical (unpaired) electrons. The van der Waals surface area contributed by atoms with E-state index in [0.717, 1.165) is 15.7 Å². The summed E-state index contributed by atoms with van der Waals surface area (Å²) in [6.45, 7) is -0.271. The summed E-state index contributed by atoms with van der Waals surface area (Å²) >= 11 is 2.06. The lowest BCUT2D eigenvalue weighted by atomic mass is 10.2. The van der Waals surface area contributed by atoms with Crippen LogP contribution in [0.1, 0.15) is 0 Å². The van der Waals surface area contributed by atoms with E-state index in [0.29, 0.717) is 5.69 Å². The van der Waals surface area contributed by atoms with Crippen LogP contribution in [0, 0.1) is 21.0 Å². The van der Waals surface area contributed by atoms with Crippen molar-refractivity contribution >= 4 is 39.9 Å². The van der Waals surface area contributed by atoms with Crippen LogP contribution in [0.3, 0.4) is 0 Å². The van der Waals surface area contributed by atoms with Crippen molar-refractivity contribution in [1.29, 1.82) is 0 Å². The number of nitrogens with one attached hydrogen (secondary N) is 2. The van der Waals surface area contributed by atoms with Crippen molar-refractivity contribution in [2.45, 2.75) is 0 Å². The lowest BCUT2D eigenvalue weighted by Crippen LogP contribution is -2.22. The molecular weight excluding hydrogens is 396 g/mol. The Balaban J connectivity index is 1.99. The highest BCUT2D eigenvalue weighted by molar-refractivity contribution is 14.1. The van der Waals surface area contributed by atoms with Gasteiger partial charge in [-0.15, -0.1) is 0 Å². The van der Waals surface area contributed by atoms with Gasteiger partial charge in [0.25, 0.3) is 0 Å². The lowest BCUT2D eigenvalue weighted by molar-refractivity contribution is -0.114. The predicted octanol–water partition coefficient (Wildman–Crippen LogP) is 3.76. The van der Waals surface area contributed by atoms with Crippen molar-refractivity contribution in [2.24, 2.45) is 0 Å². The van der Waals surface area contributed by atoms with E-state index in [1.165, 1.54) is 0 Å². The second-order valence-corrected chi connectivity index (χ2v) is 5.27. The van der Waals surface area contributed by atoms with Gasteiger partial charge in [-0.3, -0.25) is 4.79 Å². The van der Waals surface area contributed by atoms with Gasteiger partial charge in [0.2, 0.25) is 5.91 Å². The summed E-state index contributed by atoms with van der Waals surface area (Å²) in [5, 5.41) is 5.05. The summed E-state index contributed by atoms with van der Waals surface area (Å²) in [5.41, 5.74) is 0.350. The first-order valence-electron chi connectivity index (χ1n) is 5.91. The van der Waals surface area contributed by atoms with E-state index < -0.39 is 23.4 Å². The third-order valence-electron chi connectivity index (χ3n) is 2.62. The standard InChI is InChI=1S/C14H10F3IN2O/c15-8-5-6-11(14(17)13(8)16)19-7-12(21)20-10-4-2-1-3-9(10)18/h1-6,19H,7H2,(H,20,21). The van der Waals surface area contributed by atoms with Crippen LogP contribution in [0.15, 0.2) is 36.4 Å². The average molecular weight is 406 g/mol. The minimum atomic E-state index is -1.57. The number of halogens is 4. The van der Waals surface area contributed by atoms with Gasteiger partial charge in [-0.05, 0) is 46.9 Å². The number of amides is 1. The van der Waals surface area contributed by atoms with Gasteiger partial charge < -0.3 is 10.6 Å². The molecule has 1 amide bonds. The van der Waals surface area contributed by atoms with Gasteiger partial charge in [-0.25, -0.2) is 13.2 Å². The minimum absolute atomic E-state index is 0.271. The monoisotopic (exact) mass is 406 g/mol. The van der Waals surface area contributed by atoms with Gasteiger partial charge in [0, 0.05) is 3.57 Å². The van der Waals surface area contributed by atoms with Gasteiger partial charge in [-0.2, -0.15) is 0 Å². The van der Waals surface area contributed by atoms with E-state index in [4.69, 9.17) is 0 Å². The quantitative estimate of drug-likeness (QED) is 0.600. The van der Waals surface area contributed by atoms with Crippen molar-refractivity contribution in [1.82, 2.24) is 0 Å². The molecule has 0 aliphatic heterocycles.